The first-order chi connectivity index (χ1) is 10.1. The number of rotatable bonds is 12. The van der Waals surface area contributed by atoms with Gasteiger partial charge in [0.25, 0.3) is 0 Å². The van der Waals surface area contributed by atoms with Crippen molar-refractivity contribution in [3.63, 3.8) is 0 Å². The molecular weight excluding hydrogens is 367 g/mol. The fourth-order valence-electron chi connectivity index (χ4n) is 2.67. The van der Waals surface area contributed by atoms with Crippen LogP contribution in [0.1, 0.15) is 59.3 Å². The monoisotopic (exact) mass is 402 g/mol. The van der Waals surface area contributed by atoms with E-state index in [-0.39, 0.29) is 5.97 Å². The van der Waals surface area contributed by atoms with Gasteiger partial charge in [-0.15, -0.1) is 0 Å². The molecular formula is C18H34O2Sn. The third-order valence-electron chi connectivity index (χ3n) is 4.08. The molecule has 0 aliphatic rings. The summed E-state index contributed by atoms with van der Waals surface area (Å²) in [6.07, 6.45) is 13.5. The Kier molecular flexibility index (Phi) is 13.3. The third-order valence-corrected chi connectivity index (χ3v) is 18.2. The minimum absolute atomic E-state index is 0.267. The summed E-state index contributed by atoms with van der Waals surface area (Å²) in [4.78, 5) is 11.1. The summed E-state index contributed by atoms with van der Waals surface area (Å²) in [6.45, 7) is 6.87. The van der Waals surface area contributed by atoms with Gasteiger partial charge >= 0.3 is 136 Å². The molecule has 0 fully saturated rings. The summed E-state index contributed by atoms with van der Waals surface area (Å²) in [5.74, 6) is -0.267. The molecule has 21 heavy (non-hydrogen) atoms. The van der Waals surface area contributed by atoms with Crippen molar-refractivity contribution in [1.82, 2.24) is 0 Å². The van der Waals surface area contributed by atoms with E-state index in [0.29, 0.717) is 0 Å². The molecule has 0 saturated heterocycles. The minimum atomic E-state index is -2.16. The Bertz CT molecular complexity index is 299. The first kappa shape index (κ1) is 20.7. The molecule has 0 aromatic carbocycles. The van der Waals surface area contributed by atoms with E-state index < -0.39 is 18.4 Å². The fourth-order valence-corrected chi connectivity index (χ4v) is 16.8. The molecule has 0 aromatic heterocycles. The standard InChI is InChI=1S/C6H7O2.3C4H9.Sn/c1-3-4-5-6(7)8-2;3*1-3-4-2;/h1,3-5H,2H3;3*1,3-4H2,2H3;/b3-1?,5-4-;;;;. The second-order valence-corrected chi connectivity index (χ2v) is 18.9. The zero-order valence-corrected chi connectivity index (χ0v) is 17.3. The van der Waals surface area contributed by atoms with Crippen LogP contribution in [0.2, 0.25) is 13.3 Å². The Morgan fingerprint density at radius 1 is 0.905 bits per heavy atom. The van der Waals surface area contributed by atoms with Crippen LogP contribution in [0.4, 0.5) is 0 Å². The molecule has 0 unspecified atom stereocenters. The molecule has 0 aliphatic heterocycles. The van der Waals surface area contributed by atoms with Crippen molar-refractivity contribution in [3.8, 4) is 0 Å². The van der Waals surface area contributed by atoms with Gasteiger partial charge in [-0.3, -0.25) is 0 Å². The van der Waals surface area contributed by atoms with E-state index in [2.05, 4.69) is 35.7 Å². The van der Waals surface area contributed by atoms with Crippen LogP contribution in [-0.4, -0.2) is 31.5 Å². The molecule has 0 amide bonds. The van der Waals surface area contributed by atoms with Crippen molar-refractivity contribution in [3.05, 3.63) is 22.3 Å². The number of carbonyl (C=O) groups excluding carboxylic acids is 1. The van der Waals surface area contributed by atoms with Crippen LogP contribution in [0, 0.1) is 0 Å². The second-order valence-electron chi connectivity index (χ2n) is 5.91. The molecule has 0 rings (SSSR count). The Balaban J connectivity index is 4.88. The van der Waals surface area contributed by atoms with Crippen LogP contribution in [0.15, 0.2) is 22.3 Å². The molecule has 0 radical (unpaired) electrons. The molecule has 0 bridgehead atoms. The maximum absolute atomic E-state index is 11.1. The summed E-state index contributed by atoms with van der Waals surface area (Å²) in [6, 6.07) is 0. The van der Waals surface area contributed by atoms with E-state index in [0.717, 1.165) is 0 Å². The van der Waals surface area contributed by atoms with E-state index in [1.807, 2.05) is 6.08 Å². The zero-order valence-electron chi connectivity index (χ0n) is 14.5. The predicted molar refractivity (Wildman–Crippen MR) is 95.2 cm³/mol. The number of esters is 1. The molecule has 3 heteroatoms. The fraction of sp³-hybridized carbons (Fsp3) is 0.722. The van der Waals surface area contributed by atoms with E-state index in [1.54, 1.807) is 0 Å². The van der Waals surface area contributed by atoms with Gasteiger partial charge in [0.15, 0.2) is 0 Å². The molecule has 0 aromatic rings. The molecule has 0 heterocycles. The Morgan fingerprint density at radius 2 is 1.38 bits per heavy atom. The molecule has 0 N–H and O–H groups in total. The predicted octanol–water partition coefficient (Wildman–Crippen LogP) is 5.66. The van der Waals surface area contributed by atoms with Crippen molar-refractivity contribution in [2.45, 2.75) is 72.6 Å². The summed E-state index contributed by atoms with van der Waals surface area (Å²) >= 11 is -2.16. The number of carbonyl (C=O) groups is 1. The van der Waals surface area contributed by atoms with Gasteiger partial charge in [-0.05, 0) is 0 Å². The van der Waals surface area contributed by atoms with Crippen LogP contribution >= 0.6 is 0 Å². The van der Waals surface area contributed by atoms with Crippen LogP contribution in [0.3, 0.4) is 0 Å². The SMILES string of the molecule is CCC[CH2][Sn](/[CH]=C/C=C\C(=O)OC)([CH2]CCC)[CH2]CCC. The van der Waals surface area contributed by atoms with E-state index in [9.17, 15) is 4.79 Å². The van der Waals surface area contributed by atoms with Gasteiger partial charge in [0.2, 0.25) is 0 Å². The summed E-state index contributed by atoms with van der Waals surface area (Å²) < 4.78 is 11.6. The van der Waals surface area contributed by atoms with Crippen molar-refractivity contribution >= 4 is 24.3 Å². The maximum atomic E-state index is 11.1. The summed E-state index contributed by atoms with van der Waals surface area (Å²) in [5.41, 5.74) is 0. The van der Waals surface area contributed by atoms with Gasteiger partial charge in [0.05, 0.1) is 0 Å². The number of ether oxygens (including phenoxy) is 1. The van der Waals surface area contributed by atoms with Crippen LogP contribution in [-0.2, 0) is 9.53 Å². The van der Waals surface area contributed by atoms with Gasteiger partial charge in [-0.2, -0.15) is 0 Å². The number of unbranched alkanes of at least 4 members (excludes halogenated alkanes) is 3. The summed E-state index contributed by atoms with van der Waals surface area (Å²) in [7, 11) is 1.42. The summed E-state index contributed by atoms with van der Waals surface area (Å²) in [5, 5.41) is 0. The first-order valence-corrected chi connectivity index (χ1v) is 16.3. The van der Waals surface area contributed by atoms with Gasteiger partial charge in [0.1, 0.15) is 0 Å². The Morgan fingerprint density at radius 3 is 1.76 bits per heavy atom. The van der Waals surface area contributed by atoms with Crippen molar-refractivity contribution in [1.29, 1.82) is 0 Å². The quantitative estimate of drug-likeness (QED) is 0.183. The normalized spacial score (nSPS) is 12.4. The van der Waals surface area contributed by atoms with Gasteiger partial charge < -0.3 is 0 Å². The van der Waals surface area contributed by atoms with E-state index in [4.69, 9.17) is 0 Å². The Labute approximate surface area is 135 Å². The van der Waals surface area contributed by atoms with Gasteiger partial charge in [0, 0.05) is 0 Å². The average Bonchev–Trinajstić information content (AvgIpc) is 2.52. The number of hydrogen-bond donors (Lipinski definition) is 0. The molecule has 0 atom stereocenters. The number of allylic oxidation sites excluding steroid dienone is 2. The van der Waals surface area contributed by atoms with Crippen molar-refractivity contribution in [2.75, 3.05) is 7.11 Å². The van der Waals surface area contributed by atoms with Gasteiger partial charge in [-0.1, -0.05) is 0 Å². The molecule has 0 aliphatic carbocycles. The number of hydrogen-bond acceptors (Lipinski definition) is 2. The molecule has 0 spiro atoms. The topological polar surface area (TPSA) is 26.3 Å². The number of methoxy groups -OCH3 is 1. The molecule has 0 saturated carbocycles. The molecule has 2 nitrogen and oxygen atoms in total. The van der Waals surface area contributed by atoms with E-state index in [1.165, 1.54) is 65.0 Å². The average molecular weight is 401 g/mol. The first-order valence-electron chi connectivity index (χ1n) is 8.58. The third kappa shape index (κ3) is 10.2. The van der Waals surface area contributed by atoms with Crippen LogP contribution < -0.4 is 0 Å². The zero-order chi connectivity index (χ0) is 16.0. The second kappa shape index (κ2) is 13.4. The van der Waals surface area contributed by atoms with Gasteiger partial charge in [-0.25, -0.2) is 0 Å². The van der Waals surface area contributed by atoms with Crippen molar-refractivity contribution in [2.24, 2.45) is 0 Å². The molecule has 122 valence electrons. The van der Waals surface area contributed by atoms with Crippen LogP contribution in [0.5, 0.6) is 0 Å². The van der Waals surface area contributed by atoms with E-state index >= 15 is 0 Å². The Hall–Kier alpha value is -0.251. The van der Waals surface area contributed by atoms with Crippen molar-refractivity contribution < 1.29 is 9.53 Å². The van der Waals surface area contributed by atoms with Crippen LogP contribution in [0.25, 0.3) is 0 Å².